The first-order valence-corrected chi connectivity index (χ1v) is 9.48. The first-order valence-electron chi connectivity index (χ1n) is 7.50. The second-order valence-corrected chi connectivity index (χ2v) is 7.00. The highest BCUT2D eigenvalue weighted by Gasteiger charge is 2.27. The number of nitrogens with two attached hydrogens (primary N) is 1. The number of aromatic nitrogens is 2. The van der Waals surface area contributed by atoms with Crippen molar-refractivity contribution in [2.24, 2.45) is 0 Å². The van der Waals surface area contributed by atoms with Gasteiger partial charge in [0, 0.05) is 5.56 Å². The fraction of sp³-hybridized carbons (Fsp3) is 0.375. The van der Waals surface area contributed by atoms with Crippen LogP contribution in [0.3, 0.4) is 0 Å². The van der Waals surface area contributed by atoms with E-state index in [2.05, 4.69) is 0 Å². The van der Waals surface area contributed by atoms with Crippen molar-refractivity contribution < 1.29 is 4.79 Å². The van der Waals surface area contributed by atoms with Crippen molar-refractivity contribution in [3.63, 3.8) is 0 Å². The van der Waals surface area contributed by atoms with Gasteiger partial charge in [0.25, 0.3) is 5.56 Å². The quantitative estimate of drug-likeness (QED) is 0.809. The molecular weight excluding hydrogens is 369 g/mol. The van der Waals surface area contributed by atoms with Crippen LogP contribution in [0.1, 0.15) is 32.7 Å². The van der Waals surface area contributed by atoms with Crippen LogP contribution in [-0.4, -0.2) is 20.9 Å². The summed E-state index contributed by atoms with van der Waals surface area (Å²) in [6.07, 6.45) is 3.25. The van der Waals surface area contributed by atoms with Crippen LogP contribution in [0.15, 0.2) is 23.0 Å². The summed E-state index contributed by atoms with van der Waals surface area (Å²) >= 11 is 13.5. The lowest BCUT2D eigenvalue weighted by Crippen LogP contribution is -2.29. The second-order valence-electron chi connectivity index (χ2n) is 5.43. The van der Waals surface area contributed by atoms with Crippen LogP contribution in [0.4, 0.5) is 10.6 Å². The van der Waals surface area contributed by atoms with Crippen molar-refractivity contribution in [1.82, 2.24) is 9.36 Å². The van der Waals surface area contributed by atoms with Gasteiger partial charge in [-0.2, -0.15) is 4.68 Å². The van der Waals surface area contributed by atoms with Gasteiger partial charge in [0.05, 0.1) is 21.7 Å². The monoisotopic (exact) mass is 387 g/mol. The number of anilines is 1. The lowest BCUT2D eigenvalue weighted by Gasteiger charge is -2.16. The topological polar surface area (TPSA) is 70.0 Å². The van der Waals surface area contributed by atoms with E-state index in [-0.39, 0.29) is 28.2 Å². The molecule has 0 amide bonds. The molecule has 0 fully saturated rings. The van der Waals surface area contributed by atoms with Crippen LogP contribution < -0.4 is 11.3 Å². The molecule has 5 nitrogen and oxygen atoms in total. The van der Waals surface area contributed by atoms with Crippen molar-refractivity contribution in [3.8, 4) is 11.1 Å². The van der Waals surface area contributed by atoms with Crippen molar-refractivity contribution in [2.75, 3.05) is 12.0 Å². The number of hydrogen-bond acceptors (Lipinski definition) is 4. The molecule has 0 saturated carbocycles. The summed E-state index contributed by atoms with van der Waals surface area (Å²) in [6, 6.07) is 4.77. The normalized spacial score (nSPS) is 12.4. The fourth-order valence-corrected chi connectivity index (χ4v) is 3.66. The molecule has 130 valence electrons. The number of benzene rings is 1. The van der Waals surface area contributed by atoms with Gasteiger partial charge in [0.2, 0.25) is 0 Å². The highest BCUT2D eigenvalue weighted by atomic mass is 35.5. The van der Waals surface area contributed by atoms with E-state index in [0.717, 1.165) is 24.6 Å². The average Bonchev–Trinajstić information content (AvgIpc) is 2.79. The van der Waals surface area contributed by atoms with E-state index in [1.807, 2.05) is 13.8 Å². The van der Waals surface area contributed by atoms with E-state index < -0.39 is 0 Å². The molecule has 1 unspecified atom stereocenters. The summed E-state index contributed by atoms with van der Waals surface area (Å²) < 4.78 is 2.62. The van der Waals surface area contributed by atoms with E-state index in [9.17, 15) is 9.59 Å². The van der Waals surface area contributed by atoms with E-state index >= 15 is 0 Å². The Morgan fingerprint density at radius 2 is 1.88 bits per heavy atom. The Kier molecular flexibility index (Phi) is 6.06. The summed E-state index contributed by atoms with van der Waals surface area (Å²) in [6.45, 7) is 3.90. The minimum Gasteiger partial charge on any atom is -0.383 e. The molecule has 0 aliphatic rings. The Hall–Kier alpha value is -1.37. The number of hydrogen-bond donors (Lipinski definition) is 1. The van der Waals surface area contributed by atoms with E-state index in [1.54, 1.807) is 24.5 Å². The Labute approximate surface area is 154 Å². The molecule has 1 atom stereocenters. The maximum absolute atomic E-state index is 13.0. The van der Waals surface area contributed by atoms with Crippen LogP contribution in [0, 0.1) is 0 Å². The van der Waals surface area contributed by atoms with Crippen molar-refractivity contribution in [2.45, 2.75) is 32.7 Å². The Morgan fingerprint density at radius 1 is 1.29 bits per heavy atom. The van der Waals surface area contributed by atoms with Crippen LogP contribution in [-0.2, 0) is 0 Å². The predicted octanol–water partition coefficient (Wildman–Crippen LogP) is 4.90. The third-order valence-electron chi connectivity index (χ3n) is 3.81. The van der Waals surface area contributed by atoms with Gasteiger partial charge in [-0.1, -0.05) is 54.4 Å². The number of thioether (sulfide) groups is 1. The van der Waals surface area contributed by atoms with Crippen LogP contribution >= 0.6 is 35.0 Å². The third kappa shape index (κ3) is 3.23. The van der Waals surface area contributed by atoms with Gasteiger partial charge in [0.15, 0.2) is 0 Å². The number of halogens is 2. The average molecular weight is 388 g/mol. The highest BCUT2D eigenvalue weighted by Crippen LogP contribution is 2.37. The minimum atomic E-state index is -0.370. The zero-order valence-corrected chi connectivity index (χ0v) is 16.0. The van der Waals surface area contributed by atoms with Gasteiger partial charge in [0.1, 0.15) is 5.82 Å². The Morgan fingerprint density at radius 3 is 2.38 bits per heavy atom. The maximum Gasteiger partial charge on any atom is 0.306 e. The molecule has 2 rings (SSSR count). The third-order valence-corrected chi connectivity index (χ3v) is 4.96. The number of carbonyl (C=O) groups is 1. The first kappa shape index (κ1) is 19.0. The molecular formula is C16H19Cl2N3O2S. The molecule has 0 spiro atoms. The lowest BCUT2D eigenvalue weighted by molar-refractivity contribution is 0.252. The second kappa shape index (κ2) is 7.68. The van der Waals surface area contributed by atoms with Crippen LogP contribution in [0.5, 0.6) is 0 Å². The van der Waals surface area contributed by atoms with Gasteiger partial charge >= 0.3 is 5.24 Å². The van der Waals surface area contributed by atoms with Crippen molar-refractivity contribution >= 4 is 46.0 Å². The molecule has 2 N–H and O–H groups in total. The molecule has 0 saturated heterocycles. The number of carbonyl (C=O) groups excluding carboxylic acids is 1. The van der Waals surface area contributed by atoms with E-state index in [1.165, 1.54) is 9.36 Å². The van der Waals surface area contributed by atoms with E-state index in [0.29, 0.717) is 15.6 Å². The molecule has 0 radical (unpaired) electrons. The zero-order chi connectivity index (χ0) is 18.0. The van der Waals surface area contributed by atoms with Gasteiger partial charge in [-0.3, -0.25) is 9.59 Å². The molecule has 2 aromatic rings. The summed E-state index contributed by atoms with van der Waals surface area (Å²) in [5.41, 5.74) is 6.32. The number of rotatable bonds is 4. The first-order chi connectivity index (χ1) is 11.3. The smallest absolute Gasteiger partial charge is 0.306 e. The van der Waals surface area contributed by atoms with Crippen LogP contribution in [0.25, 0.3) is 11.1 Å². The molecule has 1 aromatic heterocycles. The summed E-state index contributed by atoms with van der Waals surface area (Å²) in [4.78, 5) is 25.4. The Balaban J connectivity index is 2.85. The molecule has 0 bridgehead atoms. The largest absolute Gasteiger partial charge is 0.383 e. The molecule has 0 aliphatic heterocycles. The maximum atomic E-state index is 13.0. The number of nitrogens with zero attached hydrogens (tertiary/aromatic N) is 2. The standard InChI is InChI=1S/C16H19Cl2N3O2S/c1-4-6-9(2)20-15(22)13(14(19)21(20)16(23)24-3)12-10(17)7-5-8-11(12)18/h5,7-9H,4,6,19H2,1-3H3. The lowest BCUT2D eigenvalue weighted by atomic mass is 10.1. The molecule has 1 heterocycles. The SMILES string of the molecule is CCCC(C)n1c(=O)c(-c2c(Cl)cccc2Cl)c(N)n1C(=O)SC. The summed E-state index contributed by atoms with van der Waals surface area (Å²) in [5.74, 6) is 0.0531. The summed E-state index contributed by atoms with van der Waals surface area (Å²) in [5, 5.41) is 0.299. The Bertz CT molecular complexity index is 809. The molecule has 1 aromatic carbocycles. The van der Waals surface area contributed by atoms with Crippen molar-refractivity contribution in [1.29, 1.82) is 0 Å². The molecule has 24 heavy (non-hydrogen) atoms. The van der Waals surface area contributed by atoms with Gasteiger partial charge in [-0.25, -0.2) is 4.68 Å². The molecule has 8 heteroatoms. The number of nitrogen functional groups attached to an aromatic ring is 1. The van der Waals surface area contributed by atoms with Gasteiger partial charge in [-0.15, -0.1) is 0 Å². The minimum absolute atomic E-state index is 0.0531. The summed E-state index contributed by atoms with van der Waals surface area (Å²) in [7, 11) is 0. The molecule has 0 aliphatic carbocycles. The van der Waals surface area contributed by atoms with E-state index in [4.69, 9.17) is 28.9 Å². The highest BCUT2D eigenvalue weighted by molar-refractivity contribution is 8.13. The fourth-order valence-electron chi connectivity index (χ4n) is 2.72. The van der Waals surface area contributed by atoms with Gasteiger partial charge < -0.3 is 5.73 Å². The van der Waals surface area contributed by atoms with Crippen molar-refractivity contribution in [3.05, 3.63) is 38.6 Å². The van der Waals surface area contributed by atoms with Crippen LogP contribution in [0.2, 0.25) is 10.0 Å². The predicted molar refractivity (Wildman–Crippen MR) is 102 cm³/mol. The zero-order valence-electron chi connectivity index (χ0n) is 13.7. The van der Waals surface area contributed by atoms with Gasteiger partial charge in [-0.05, 0) is 31.7 Å².